The molecule has 1 saturated heterocycles. The zero-order chi connectivity index (χ0) is 46.2. The van der Waals surface area contributed by atoms with Crippen LogP contribution in [0.2, 0.25) is 0 Å². The minimum absolute atomic E-state index is 0.170. The highest BCUT2D eigenvalue weighted by Crippen LogP contribution is 2.24. The van der Waals surface area contributed by atoms with Crippen molar-refractivity contribution in [3.8, 4) is 0 Å². The maximum atomic E-state index is 12.9. The summed E-state index contributed by atoms with van der Waals surface area (Å²) in [6.45, 7) is 3.79. The lowest BCUT2D eigenvalue weighted by atomic mass is 10.00. The fraction of sp³-hybridized carbons (Fsp3) is 0.920. The first-order chi connectivity index (χ1) is 30.5. The fourth-order valence-electron chi connectivity index (χ4n) is 8.09. The second-order valence-electron chi connectivity index (χ2n) is 18.2. The first kappa shape index (κ1) is 59.4. The van der Waals surface area contributed by atoms with Gasteiger partial charge >= 0.3 is 11.9 Å². The minimum Gasteiger partial charge on any atom is -0.462 e. The van der Waals surface area contributed by atoms with Gasteiger partial charge in [0.1, 0.15) is 36.8 Å². The number of esters is 2. The van der Waals surface area contributed by atoms with Gasteiger partial charge in [-0.1, -0.05) is 199 Å². The van der Waals surface area contributed by atoms with Gasteiger partial charge in [0.15, 0.2) is 12.4 Å². The maximum absolute atomic E-state index is 12.9. The van der Waals surface area contributed by atoms with Gasteiger partial charge in [-0.05, 0) is 38.5 Å². The SMILES string of the molecule is CCCCCCCC/C=C/CCCCCCCCCCCC(=O)OC[C@H](CO[C@H]1O[C@H](CS(=O)(=O)O)[C@@H](O)C(O)C1O)OC(=O)CCCCCCCCCCCCCCCCCC. The fourth-order valence-corrected chi connectivity index (χ4v) is 8.78. The molecular formula is C50H94O12S. The molecule has 1 rings (SSSR count). The summed E-state index contributed by atoms with van der Waals surface area (Å²) >= 11 is 0. The number of aliphatic hydroxyl groups is 3. The summed E-state index contributed by atoms with van der Waals surface area (Å²) in [6, 6.07) is 0. The van der Waals surface area contributed by atoms with E-state index < -0.39 is 71.2 Å². The topological polar surface area (TPSA) is 186 Å². The van der Waals surface area contributed by atoms with Crippen molar-refractivity contribution in [2.75, 3.05) is 19.0 Å². The molecule has 1 aliphatic rings. The third-order valence-electron chi connectivity index (χ3n) is 12.1. The standard InChI is InChI=1S/C50H94O12S/c1-3-5-7-9-11-13-15-17-19-21-22-23-25-26-28-30-32-34-36-38-45(51)59-40-43(41-60-50-49(55)48(54)47(53)44(62-50)42-63(56,57)58)61-46(52)39-37-35-33-31-29-27-24-20-18-16-14-12-10-8-6-4-2/h17,19,43-44,47-50,53-55H,3-16,18,20-42H2,1-2H3,(H,56,57,58)/b19-17+/t43-,44-,47-,48?,49?,50+/m1/s1. The Hall–Kier alpha value is -1.61. The van der Waals surface area contributed by atoms with Gasteiger partial charge in [-0.25, -0.2) is 0 Å². The highest BCUT2D eigenvalue weighted by molar-refractivity contribution is 7.85. The van der Waals surface area contributed by atoms with Crippen LogP contribution in [0.15, 0.2) is 12.2 Å². The summed E-state index contributed by atoms with van der Waals surface area (Å²) in [5.74, 6) is -1.97. The van der Waals surface area contributed by atoms with Gasteiger partial charge in [0.2, 0.25) is 0 Å². The minimum atomic E-state index is -4.60. The van der Waals surface area contributed by atoms with Crippen molar-refractivity contribution in [3.63, 3.8) is 0 Å². The Morgan fingerprint density at radius 3 is 1.32 bits per heavy atom. The van der Waals surface area contributed by atoms with E-state index in [0.717, 1.165) is 38.5 Å². The van der Waals surface area contributed by atoms with Crippen molar-refractivity contribution < 1.29 is 56.8 Å². The Balaban J connectivity index is 2.36. The summed E-state index contributed by atoms with van der Waals surface area (Å²) in [4.78, 5) is 25.5. The van der Waals surface area contributed by atoms with Gasteiger partial charge in [-0.3, -0.25) is 14.1 Å². The number of unbranched alkanes of at least 4 members (excludes halogenated alkanes) is 30. The lowest BCUT2D eigenvalue weighted by Gasteiger charge is -2.40. The molecule has 0 spiro atoms. The van der Waals surface area contributed by atoms with Crippen molar-refractivity contribution in [2.45, 2.75) is 275 Å². The van der Waals surface area contributed by atoms with Crippen LogP contribution in [0.3, 0.4) is 0 Å². The summed E-state index contributed by atoms with van der Waals surface area (Å²) in [5.41, 5.74) is 0. The Morgan fingerprint density at radius 1 is 0.524 bits per heavy atom. The average Bonchev–Trinajstić information content (AvgIpc) is 3.25. The molecule has 4 N–H and O–H groups in total. The number of rotatable bonds is 44. The van der Waals surface area contributed by atoms with E-state index in [1.807, 2.05) is 0 Å². The van der Waals surface area contributed by atoms with E-state index in [9.17, 15) is 37.9 Å². The predicted octanol–water partition coefficient (Wildman–Crippen LogP) is 11.4. The Labute approximate surface area is 384 Å². The van der Waals surface area contributed by atoms with E-state index in [2.05, 4.69) is 26.0 Å². The van der Waals surface area contributed by atoms with Gasteiger partial charge in [0, 0.05) is 12.8 Å². The van der Waals surface area contributed by atoms with Crippen molar-refractivity contribution in [1.29, 1.82) is 0 Å². The number of carbonyl (C=O) groups is 2. The van der Waals surface area contributed by atoms with E-state index >= 15 is 0 Å². The smallest absolute Gasteiger partial charge is 0.306 e. The lowest BCUT2D eigenvalue weighted by Crippen LogP contribution is -2.60. The third-order valence-corrected chi connectivity index (χ3v) is 12.8. The normalized spacial score (nSPS) is 19.7. The van der Waals surface area contributed by atoms with Crippen LogP contribution < -0.4 is 0 Å². The lowest BCUT2D eigenvalue weighted by molar-refractivity contribution is -0.297. The number of hydrogen-bond donors (Lipinski definition) is 4. The first-order valence-corrected chi connectivity index (χ1v) is 27.4. The third kappa shape index (κ3) is 35.3. The van der Waals surface area contributed by atoms with E-state index in [1.165, 1.54) is 161 Å². The number of allylic oxidation sites excluding steroid dienone is 2. The van der Waals surface area contributed by atoms with Crippen LogP contribution in [-0.4, -0.2) is 96.0 Å². The van der Waals surface area contributed by atoms with Crippen molar-refractivity contribution in [1.82, 2.24) is 0 Å². The molecule has 0 saturated carbocycles. The van der Waals surface area contributed by atoms with E-state index in [1.54, 1.807) is 0 Å². The van der Waals surface area contributed by atoms with Crippen LogP contribution in [0.1, 0.15) is 239 Å². The molecule has 1 fully saturated rings. The van der Waals surface area contributed by atoms with E-state index in [4.69, 9.17) is 18.9 Å². The van der Waals surface area contributed by atoms with Gasteiger partial charge in [0.25, 0.3) is 10.1 Å². The van der Waals surface area contributed by atoms with E-state index in [0.29, 0.717) is 12.8 Å². The van der Waals surface area contributed by atoms with Crippen LogP contribution in [0.4, 0.5) is 0 Å². The maximum Gasteiger partial charge on any atom is 0.306 e. The molecule has 0 aliphatic carbocycles. The predicted molar refractivity (Wildman–Crippen MR) is 252 cm³/mol. The van der Waals surface area contributed by atoms with Crippen LogP contribution >= 0.6 is 0 Å². The van der Waals surface area contributed by atoms with Gasteiger partial charge < -0.3 is 34.3 Å². The van der Waals surface area contributed by atoms with Crippen LogP contribution in [0.25, 0.3) is 0 Å². The van der Waals surface area contributed by atoms with Crippen LogP contribution in [-0.2, 0) is 38.7 Å². The molecule has 0 bridgehead atoms. The second kappa shape index (κ2) is 40.6. The molecule has 2 unspecified atom stereocenters. The molecule has 0 amide bonds. The largest absolute Gasteiger partial charge is 0.462 e. The van der Waals surface area contributed by atoms with Gasteiger partial charge in [0.05, 0.1) is 6.61 Å². The second-order valence-corrected chi connectivity index (χ2v) is 19.7. The monoisotopic (exact) mass is 919 g/mol. The molecule has 372 valence electrons. The molecule has 0 aromatic rings. The zero-order valence-electron chi connectivity index (χ0n) is 40.0. The molecular weight excluding hydrogens is 825 g/mol. The summed E-state index contributed by atoms with van der Waals surface area (Å²) < 4.78 is 54.2. The van der Waals surface area contributed by atoms with Crippen molar-refractivity contribution in [3.05, 3.63) is 12.2 Å². The van der Waals surface area contributed by atoms with Crippen LogP contribution in [0.5, 0.6) is 0 Å². The summed E-state index contributed by atoms with van der Waals surface area (Å²) in [6.07, 6.45) is 35.3. The highest BCUT2D eigenvalue weighted by atomic mass is 32.2. The number of ether oxygens (including phenoxy) is 4. The van der Waals surface area contributed by atoms with E-state index in [-0.39, 0.29) is 19.4 Å². The number of aliphatic hydroxyl groups excluding tert-OH is 3. The molecule has 1 heterocycles. The first-order valence-electron chi connectivity index (χ1n) is 25.7. The summed E-state index contributed by atoms with van der Waals surface area (Å²) in [7, 11) is -4.60. The molecule has 63 heavy (non-hydrogen) atoms. The van der Waals surface area contributed by atoms with Gasteiger partial charge in [-0.2, -0.15) is 8.42 Å². The van der Waals surface area contributed by atoms with Crippen molar-refractivity contribution in [2.24, 2.45) is 0 Å². The molecule has 12 nitrogen and oxygen atoms in total. The molecule has 6 atom stereocenters. The summed E-state index contributed by atoms with van der Waals surface area (Å²) in [5, 5.41) is 31.0. The molecule has 13 heteroatoms. The molecule has 1 aliphatic heterocycles. The molecule has 0 aromatic carbocycles. The van der Waals surface area contributed by atoms with Crippen molar-refractivity contribution >= 4 is 22.1 Å². The average molecular weight is 919 g/mol. The number of hydrogen-bond acceptors (Lipinski definition) is 11. The Morgan fingerprint density at radius 2 is 0.905 bits per heavy atom. The highest BCUT2D eigenvalue weighted by Gasteiger charge is 2.46. The number of carbonyl (C=O) groups excluding carboxylic acids is 2. The Bertz CT molecular complexity index is 1210. The molecule has 0 aromatic heterocycles. The molecule has 0 radical (unpaired) electrons. The van der Waals surface area contributed by atoms with Crippen LogP contribution in [0, 0.1) is 0 Å². The zero-order valence-corrected chi connectivity index (χ0v) is 40.8. The van der Waals surface area contributed by atoms with Gasteiger partial charge in [-0.15, -0.1) is 0 Å². The Kier molecular flexibility index (Phi) is 38.3. The quantitative estimate of drug-likeness (QED) is 0.0196.